The Hall–Kier alpha value is -2.43. The molecule has 0 aliphatic carbocycles. The fraction of sp³-hybridized carbons (Fsp3) is 0.0833. The van der Waals surface area contributed by atoms with Gasteiger partial charge < -0.3 is 10.5 Å². The Bertz CT molecular complexity index is 513. The van der Waals surface area contributed by atoms with E-state index in [1.165, 1.54) is 6.20 Å². The zero-order valence-electron chi connectivity index (χ0n) is 9.13. The molecular formula is C12H12N4O. The van der Waals surface area contributed by atoms with Gasteiger partial charge >= 0.3 is 0 Å². The number of aromatic nitrogens is 2. The van der Waals surface area contributed by atoms with Crippen molar-refractivity contribution in [3.8, 4) is 5.88 Å². The van der Waals surface area contributed by atoms with Crippen LogP contribution in [-0.4, -0.2) is 16.0 Å². The third kappa shape index (κ3) is 2.78. The van der Waals surface area contributed by atoms with Gasteiger partial charge in [0.25, 0.3) is 0 Å². The summed E-state index contributed by atoms with van der Waals surface area (Å²) in [6, 6.07) is 11.3. The fourth-order valence-electron chi connectivity index (χ4n) is 1.36. The third-order valence-corrected chi connectivity index (χ3v) is 2.20. The first-order valence-electron chi connectivity index (χ1n) is 5.10. The van der Waals surface area contributed by atoms with Gasteiger partial charge in [0, 0.05) is 0 Å². The second-order valence-corrected chi connectivity index (χ2v) is 3.44. The number of nitrogens with zero attached hydrogens (tertiary/aromatic N) is 2. The van der Waals surface area contributed by atoms with E-state index in [0.717, 1.165) is 5.56 Å². The highest BCUT2D eigenvalue weighted by molar-refractivity contribution is 5.96. The van der Waals surface area contributed by atoms with E-state index >= 15 is 0 Å². The lowest BCUT2D eigenvalue weighted by molar-refractivity contribution is 0.289. The van der Waals surface area contributed by atoms with Gasteiger partial charge in [-0.1, -0.05) is 30.3 Å². The molecular weight excluding hydrogens is 216 g/mol. The van der Waals surface area contributed by atoms with Crippen LogP contribution in [0.4, 0.5) is 0 Å². The molecule has 0 aliphatic rings. The van der Waals surface area contributed by atoms with Gasteiger partial charge in [0.1, 0.15) is 12.4 Å². The van der Waals surface area contributed by atoms with Crippen LogP contribution in [0.1, 0.15) is 11.1 Å². The second kappa shape index (κ2) is 5.07. The van der Waals surface area contributed by atoms with Gasteiger partial charge in [-0.05, 0) is 11.6 Å². The molecule has 5 nitrogen and oxygen atoms in total. The summed E-state index contributed by atoms with van der Waals surface area (Å²) in [5.74, 6) is 0.201. The van der Waals surface area contributed by atoms with Crippen molar-refractivity contribution in [3.05, 3.63) is 53.7 Å². The van der Waals surface area contributed by atoms with Crippen LogP contribution in [0.25, 0.3) is 0 Å². The van der Waals surface area contributed by atoms with E-state index in [-0.39, 0.29) is 11.7 Å². The lowest BCUT2D eigenvalue weighted by Crippen LogP contribution is -2.14. The van der Waals surface area contributed by atoms with Crippen LogP contribution in [0.2, 0.25) is 0 Å². The lowest BCUT2D eigenvalue weighted by Gasteiger charge is -2.07. The number of hydrogen-bond acceptors (Lipinski definition) is 4. The van der Waals surface area contributed by atoms with E-state index < -0.39 is 0 Å². The van der Waals surface area contributed by atoms with Crippen molar-refractivity contribution in [1.82, 2.24) is 10.2 Å². The summed E-state index contributed by atoms with van der Waals surface area (Å²) in [5, 5.41) is 14.9. The quantitative estimate of drug-likeness (QED) is 0.610. The molecule has 0 saturated heterocycles. The van der Waals surface area contributed by atoms with E-state index in [9.17, 15) is 0 Å². The Kier molecular flexibility index (Phi) is 3.30. The standard InChI is InChI=1S/C12H12N4O/c13-11(14)10-6-7-15-16-12(10)17-8-9-4-2-1-3-5-9/h1-7H,8H2,(H3,13,14). The first-order valence-corrected chi connectivity index (χ1v) is 5.10. The number of nitrogens with two attached hydrogens (primary N) is 1. The zero-order chi connectivity index (χ0) is 12.1. The van der Waals surface area contributed by atoms with Crippen LogP contribution in [0, 0.1) is 5.41 Å². The minimum absolute atomic E-state index is 0.0806. The number of rotatable bonds is 4. The molecule has 0 saturated carbocycles. The number of nitrogens with one attached hydrogen (secondary N) is 1. The van der Waals surface area contributed by atoms with Crippen molar-refractivity contribution in [3.63, 3.8) is 0 Å². The molecule has 0 spiro atoms. The van der Waals surface area contributed by atoms with Crippen molar-refractivity contribution in [2.24, 2.45) is 5.73 Å². The molecule has 1 aromatic heterocycles. The number of nitrogen functional groups attached to an aromatic ring is 1. The van der Waals surface area contributed by atoms with E-state index in [1.54, 1.807) is 6.07 Å². The highest BCUT2D eigenvalue weighted by Crippen LogP contribution is 2.14. The number of benzene rings is 1. The summed E-state index contributed by atoms with van der Waals surface area (Å²) in [6.45, 7) is 0.375. The van der Waals surface area contributed by atoms with Crippen LogP contribution in [0.3, 0.4) is 0 Å². The molecule has 1 heterocycles. The monoisotopic (exact) mass is 228 g/mol. The van der Waals surface area contributed by atoms with Crippen LogP contribution >= 0.6 is 0 Å². The Balaban J connectivity index is 2.12. The van der Waals surface area contributed by atoms with Crippen molar-refractivity contribution < 1.29 is 4.74 Å². The van der Waals surface area contributed by atoms with Gasteiger partial charge in [0.15, 0.2) is 0 Å². The highest BCUT2D eigenvalue weighted by Gasteiger charge is 2.08. The SMILES string of the molecule is N=C(N)c1ccnnc1OCc1ccccc1. The molecule has 2 rings (SSSR count). The smallest absolute Gasteiger partial charge is 0.244 e. The minimum atomic E-state index is -0.0806. The van der Waals surface area contributed by atoms with Gasteiger partial charge in [-0.25, -0.2) is 0 Å². The molecule has 0 unspecified atom stereocenters. The average Bonchev–Trinajstić information content (AvgIpc) is 2.38. The van der Waals surface area contributed by atoms with E-state index in [0.29, 0.717) is 12.2 Å². The highest BCUT2D eigenvalue weighted by atomic mass is 16.5. The van der Waals surface area contributed by atoms with Crippen LogP contribution in [0.5, 0.6) is 5.88 Å². The van der Waals surface area contributed by atoms with E-state index in [4.69, 9.17) is 15.9 Å². The molecule has 5 heteroatoms. The van der Waals surface area contributed by atoms with Crippen LogP contribution < -0.4 is 10.5 Å². The summed E-state index contributed by atoms with van der Waals surface area (Å²) in [7, 11) is 0. The van der Waals surface area contributed by atoms with Gasteiger partial charge in [-0.15, -0.1) is 5.10 Å². The Morgan fingerprint density at radius 3 is 2.71 bits per heavy atom. The van der Waals surface area contributed by atoms with Gasteiger partial charge in [-0.3, -0.25) is 5.41 Å². The maximum atomic E-state index is 7.39. The molecule has 0 radical (unpaired) electrons. The molecule has 3 N–H and O–H groups in total. The number of ether oxygens (including phenoxy) is 1. The molecule has 0 atom stereocenters. The molecule has 1 aromatic carbocycles. The molecule has 86 valence electrons. The zero-order valence-corrected chi connectivity index (χ0v) is 9.13. The van der Waals surface area contributed by atoms with Gasteiger partial charge in [0.2, 0.25) is 5.88 Å². The van der Waals surface area contributed by atoms with Crippen LogP contribution in [-0.2, 0) is 6.61 Å². The third-order valence-electron chi connectivity index (χ3n) is 2.20. The lowest BCUT2D eigenvalue weighted by atomic mass is 10.2. The molecule has 17 heavy (non-hydrogen) atoms. The molecule has 0 fully saturated rings. The maximum Gasteiger partial charge on any atom is 0.244 e. The van der Waals surface area contributed by atoms with Crippen molar-refractivity contribution in [2.45, 2.75) is 6.61 Å². The minimum Gasteiger partial charge on any atom is -0.471 e. The first kappa shape index (κ1) is 11.1. The summed E-state index contributed by atoms with van der Waals surface area (Å²) >= 11 is 0. The molecule has 2 aromatic rings. The summed E-state index contributed by atoms with van der Waals surface area (Å²) in [4.78, 5) is 0. The van der Waals surface area contributed by atoms with Gasteiger partial charge in [-0.2, -0.15) is 5.10 Å². The van der Waals surface area contributed by atoms with Crippen molar-refractivity contribution >= 4 is 5.84 Å². The van der Waals surface area contributed by atoms with E-state index in [1.807, 2.05) is 30.3 Å². The Morgan fingerprint density at radius 2 is 2.00 bits per heavy atom. The summed E-state index contributed by atoms with van der Waals surface area (Å²) < 4.78 is 5.49. The topological polar surface area (TPSA) is 84.9 Å². The first-order chi connectivity index (χ1) is 8.27. The number of amidine groups is 1. The molecule has 0 aliphatic heterocycles. The van der Waals surface area contributed by atoms with Crippen molar-refractivity contribution in [2.75, 3.05) is 0 Å². The van der Waals surface area contributed by atoms with E-state index in [2.05, 4.69) is 10.2 Å². The predicted molar refractivity (Wildman–Crippen MR) is 63.8 cm³/mol. The normalized spacial score (nSPS) is 9.88. The molecule has 0 amide bonds. The predicted octanol–water partition coefficient (Wildman–Crippen LogP) is 1.34. The maximum absolute atomic E-state index is 7.39. The molecule has 0 bridgehead atoms. The second-order valence-electron chi connectivity index (χ2n) is 3.44. The Morgan fingerprint density at radius 1 is 1.24 bits per heavy atom. The average molecular weight is 228 g/mol. The number of hydrogen-bond donors (Lipinski definition) is 2. The largest absolute Gasteiger partial charge is 0.471 e. The van der Waals surface area contributed by atoms with Gasteiger partial charge in [0.05, 0.1) is 11.8 Å². The Labute approximate surface area is 98.8 Å². The summed E-state index contributed by atoms with van der Waals surface area (Å²) in [5.41, 5.74) is 6.89. The van der Waals surface area contributed by atoms with Crippen LogP contribution in [0.15, 0.2) is 42.6 Å². The van der Waals surface area contributed by atoms with Crippen molar-refractivity contribution in [1.29, 1.82) is 5.41 Å². The summed E-state index contributed by atoms with van der Waals surface area (Å²) in [6.07, 6.45) is 1.48. The fourth-order valence-corrected chi connectivity index (χ4v) is 1.36.